The largest absolute Gasteiger partial charge is 0.493 e. The first kappa shape index (κ1) is 18.0. The fraction of sp³-hybridized carbons (Fsp3) is 0.421. The number of hydrogen-bond donors (Lipinski definition) is 0. The van der Waals surface area contributed by atoms with E-state index in [0.717, 1.165) is 12.8 Å². The number of piperidine rings is 1. The van der Waals surface area contributed by atoms with Gasteiger partial charge in [-0.1, -0.05) is 12.1 Å². The van der Waals surface area contributed by atoms with Gasteiger partial charge in [-0.15, -0.1) is 10.2 Å². The molecule has 0 saturated carbocycles. The first-order valence-corrected chi connectivity index (χ1v) is 8.76. The minimum Gasteiger partial charge on any atom is -0.493 e. The summed E-state index contributed by atoms with van der Waals surface area (Å²) in [6.07, 6.45) is 1.62. The Kier molecular flexibility index (Phi) is 5.88. The third kappa shape index (κ3) is 4.22. The minimum absolute atomic E-state index is 0.0387. The second-order valence-electron chi connectivity index (χ2n) is 5.98. The van der Waals surface area contributed by atoms with Crippen molar-refractivity contribution in [3.8, 4) is 17.5 Å². The number of carbonyl (C=O) groups excluding carboxylic acids is 1. The Bertz CT molecular complexity index is 736. The van der Waals surface area contributed by atoms with Gasteiger partial charge in [-0.3, -0.25) is 4.79 Å². The molecule has 1 aliphatic rings. The summed E-state index contributed by atoms with van der Waals surface area (Å²) in [5.41, 5.74) is 0.583. The number of carbonyl (C=O) groups is 1. The molecule has 0 N–H and O–H groups in total. The van der Waals surface area contributed by atoms with Crippen LogP contribution in [0.25, 0.3) is 0 Å². The van der Waals surface area contributed by atoms with Crippen molar-refractivity contribution in [3.05, 3.63) is 42.0 Å². The van der Waals surface area contributed by atoms with Gasteiger partial charge in [0.25, 0.3) is 5.91 Å². The Morgan fingerprint density at radius 3 is 2.69 bits per heavy atom. The molecule has 3 rings (SSSR count). The summed E-state index contributed by atoms with van der Waals surface area (Å²) in [5, 5.41) is 7.89. The van der Waals surface area contributed by atoms with E-state index in [-0.39, 0.29) is 12.0 Å². The topological polar surface area (TPSA) is 73.8 Å². The van der Waals surface area contributed by atoms with E-state index in [2.05, 4.69) is 10.2 Å². The lowest BCUT2D eigenvalue weighted by molar-refractivity contribution is 0.0521. The molecule has 1 aliphatic heterocycles. The first-order chi connectivity index (χ1) is 12.7. The van der Waals surface area contributed by atoms with Gasteiger partial charge in [0.2, 0.25) is 11.8 Å². The van der Waals surface area contributed by atoms with Crippen LogP contribution in [-0.4, -0.2) is 53.9 Å². The number of benzene rings is 1. The molecule has 2 aromatic rings. The van der Waals surface area contributed by atoms with Crippen molar-refractivity contribution in [1.29, 1.82) is 0 Å². The van der Waals surface area contributed by atoms with Crippen molar-refractivity contribution in [2.45, 2.75) is 25.9 Å². The maximum Gasteiger partial charge on any atom is 0.257 e. The second-order valence-corrected chi connectivity index (χ2v) is 5.98. The average molecular weight is 357 g/mol. The van der Waals surface area contributed by atoms with Gasteiger partial charge in [-0.05, 0) is 31.9 Å². The highest BCUT2D eigenvalue weighted by Gasteiger charge is 2.27. The molecule has 0 aliphatic carbocycles. The molecule has 0 spiro atoms. The van der Waals surface area contributed by atoms with Crippen LogP contribution in [-0.2, 0) is 0 Å². The van der Waals surface area contributed by atoms with Crippen LogP contribution in [0.1, 0.15) is 30.1 Å². The molecule has 0 bridgehead atoms. The van der Waals surface area contributed by atoms with Gasteiger partial charge in [0.1, 0.15) is 11.9 Å². The van der Waals surface area contributed by atoms with Crippen molar-refractivity contribution >= 4 is 5.91 Å². The standard InChI is InChI=1S/C19H23N3O4/c1-3-25-16-9-5-4-8-15(16)19(23)22-12-6-7-14(13-22)26-18-11-10-17(24-2)20-21-18/h4-5,8-11,14H,3,6-7,12-13H2,1-2H3. The Labute approximate surface area is 152 Å². The molecule has 26 heavy (non-hydrogen) atoms. The fourth-order valence-electron chi connectivity index (χ4n) is 2.96. The van der Waals surface area contributed by atoms with Crippen molar-refractivity contribution in [3.63, 3.8) is 0 Å². The summed E-state index contributed by atoms with van der Waals surface area (Å²) in [5.74, 6) is 1.44. The summed E-state index contributed by atoms with van der Waals surface area (Å²) in [6, 6.07) is 10.8. The normalized spacial score (nSPS) is 16.8. The predicted octanol–water partition coefficient (Wildman–Crippen LogP) is 2.57. The number of amides is 1. The molecule has 7 nitrogen and oxygen atoms in total. The molecular weight excluding hydrogens is 334 g/mol. The molecule has 1 unspecified atom stereocenters. The second kappa shape index (κ2) is 8.51. The molecule has 1 amide bonds. The van der Waals surface area contributed by atoms with E-state index < -0.39 is 0 Å². The number of nitrogens with zero attached hydrogens (tertiary/aromatic N) is 3. The fourth-order valence-corrected chi connectivity index (χ4v) is 2.96. The third-order valence-electron chi connectivity index (χ3n) is 4.19. The van der Waals surface area contributed by atoms with Gasteiger partial charge in [-0.2, -0.15) is 0 Å². The van der Waals surface area contributed by atoms with Gasteiger partial charge >= 0.3 is 0 Å². The summed E-state index contributed by atoms with van der Waals surface area (Å²) in [7, 11) is 1.54. The van der Waals surface area contributed by atoms with E-state index in [9.17, 15) is 4.79 Å². The predicted molar refractivity (Wildman–Crippen MR) is 95.7 cm³/mol. The lowest BCUT2D eigenvalue weighted by Crippen LogP contribution is -2.44. The Morgan fingerprint density at radius 2 is 1.96 bits per heavy atom. The highest BCUT2D eigenvalue weighted by Crippen LogP contribution is 2.23. The van der Waals surface area contributed by atoms with Crippen LogP contribution in [0, 0.1) is 0 Å². The molecule has 138 valence electrons. The summed E-state index contributed by atoms with van der Waals surface area (Å²) in [4.78, 5) is 14.7. The quantitative estimate of drug-likeness (QED) is 0.791. The number of rotatable bonds is 6. The minimum atomic E-state index is -0.116. The van der Waals surface area contributed by atoms with E-state index in [1.54, 1.807) is 18.2 Å². The molecule has 1 atom stereocenters. The molecule has 0 radical (unpaired) electrons. The van der Waals surface area contributed by atoms with Crippen molar-refractivity contribution < 1.29 is 19.0 Å². The highest BCUT2D eigenvalue weighted by molar-refractivity contribution is 5.97. The molecule has 2 heterocycles. The van der Waals surface area contributed by atoms with Crippen LogP contribution in [0.3, 0.4) is 0 Å². The molecule has 1 aromatic carbocycles. The van der Waals surface area contributed by atoms with Crippen molar-refractivity contribution in [2.24, 2.45) is 0 Å². The van der Waals surface area contributed by atoms with Crippen LogP contribution in [0.2, 0.25) is 0 Å². The van der Waals surface area contributed by atoms with Crippen LogP contribution in [0.5, 0.6) is 17.5 Å². The monoisotopic (exact) mass is 357 g/mol. The molecule has 1 fully saturated rings. The summed E-state index contributed by atoms with van der Waals surface area (Å²) >= 11 is 0. The first-order valence-electron chi connectivity index (χ1n) is 8.76. The van der Waals surface area contributed by atoms with Gasteiger partial charge in [-0.25, -0.2) is 0 Å². The van der Waals surface area contributed by atoms with Crippen LogP contribution < -0.4 is 14.2 Å². The smallest absolute Gasteiger partial charge is 0.257 e. The Hall–Kier alpha value is -2.83. The zero-order chi connectivity index (χ0) is 18.4. The number of hydrogen-bond acceptors (Lipinski definition) is 6. The highest BCUT2D eigenvalue weighted by atomic mass is 16.5. The van der Waals surface area contributed by atoms with Crippen molar-refractivity contribution in [2.75, 3.05) is 26.8 Å². The van der Waals surface area contributed by atoms with Gasteiger partial charge < -0.3 is 19.1 Å². The number of para-hydroxylation sites is 1. The number of methoxy groups -OCH3 is 1. The van der Waals surface area contributed by atoms with Crippen molar-refractivity contribution in [1.82, 2.24) is 15.1 Å². The summed E-state index contributed by atoms with van der Waals surface area (Å²) in [6.45, 7) is 3.63. The maximum absolute atomic E-state index is 12.9. The zero-order valence-electron chi connectivity index (χ0n) is 15.1. The molecule has 7 heteroatoms. The third-order valence-corrected chi connectivity index (χ3v) is 4.19. The maximum atomic E-state index is 12.9. The van der Waals surface area contributed by atoms with E-state index in [4.69, 9.17) is 14.2 Å². The van der Waals surface area contributed by atoms with Crippen LogP contribution in [0.4, 0.5) is 0 Å². The number of ether oxygens (including phenoxy) is 3. The Morgan fingerprint density at radius 1 is 1.19 bits per heavy atom. The van der Waals surface area contributed by atoms with Gasteiger partial charge in [0, 0.05) is 18.7 Å². The SMILES string of the molecule is CCOc1ccccc1C(=O)N1CCCC(Oc2ccc(OC)nn2)C1. The van der Waals surface area contributed by atoms with Gasteiger partial charge in [0.05, 0.1) is 25.8 Å². The lowest BCUT2D eigenvalue weighted by atomic mass is 10.1. The molecule has 1 aromatic heterocycles. The Balaban J connectivity index is 1.67. The van der Waals surface area contributed by atoms with E-state index in [1.165, 1.54) is 7.11 Å². The molecule has 1 saturated heterocycles. The summed E-state index contributed by atoms with van der Waals surface area (Å²) < 4.78 is 16.5. The van der Waals surface area contributed by atoms with E-state index >= 15 is 0 Å². The number of likely N-dealkylation sites (tertiary alicyclic amines) is 1. The van der Waals surface area contributed by atoms with Crippen LogP contribution >= 0.6 is 0 Å². The number of aromatic nitrogens is 2. The van der Waals surface area contributed by atoms with E-state index in [0.29, 0.717) is 42.8 Å². The van der Waals surface area contributed by atoms with Crippen LogP contribution in [0.15, 0.2) is 36.4 Å². The zero-order valence-corrected chi connectivity index (χ0v) is 15.1. The average Bonchev–Trinajstić information content (AvgIpc) is 2.69. The van der Waals surface area contributed by atoms with Gasteiger partial charge in [0.15, 0.2) is 0 Å². The molecular formula is C19H23N3O4. The van der Waals surface area contributed by atoms with E-state index in [1.807, 2.05) is 30.0 Å². The lowest BCUT2D eigenvalue weighted by Gasteiger charge is -2.32.